The third-order valence-corrected chi connectivity index (χ3v) is 6.19. The molecule has 3 rings (SSSR count). The third-order valence-electron chi connectivity index (χ3n) is 4.61. The Morgan fingerprint density at radius 1 is 1.11 bits per heavy atom. The molecule has 0 amide bonds. The predicted octanol–water partition coefficient (Wildman–Crippen LogP) is 3.94. The van der Waals surface area contributed by atoms with Gasteiger partial charge in [-0.2, -0.15) is 11.8 Å². The predicted molar refractivity (Wildman–Crippen MR) is 78.1 cm³/mol. The van der Waals surface area contributed by atoms with Gasteiger partial charge in [-0.15, -0.1) is 0 Å². The van der Waals surface area contributed by atoms with Gasteiger partial charge < -0.3 is 5.11 Å². The van der Waals surface area contributed by atoms with Crippen LogP contribution in [-0.4, -0.2) is 15.6 Å². The summed E-state index contributed by atoms with van der Waals surface area (Å²) in [6, 6.07) is 6.48. The molecule has 0 saturated carbocycles. The zero-order valence-electron chi connectivity index (χ0n) is 11.3. The Bertz CT molecular complexity index is 442. The molecule has 2 saturated heterocycles. The molecule has 2 heteroatoms. The van der Waals surface area contributed by atoms with Crippen LogP contribution in [0.25, 0.3) is 0 Å². The highest BCUT2D eigenvalue weighted by atomic mass is 32.2. The van der Waals surface area contributed by atoms with Crippen LogP contribution in [0.2, 0.25) is 0 Å². The van der Waals surface area contributed by atoms with Gasteiger partial charge in [-0.1, -0.05) is 24.6 Å². The standard InChI is InChI=1S/C16H22OS/c1-11-6-7-13(8-12(11)2)16(17)9-14-4-3-5-15(10-16)18-14/h6-8,14-15,17H,3-5,9-10H2,1-2H3. The van der Waals surface area contributed by atoms with Crippen LogP contribution in [0.1, 0.15) is 48.8 Å². The fourth-order valence-corrected chi connectivity index (χ4v) is 5.28. The number of hydrogen-bond acceptors (Lipinski definition) is 2. The second kappa shape index (κ2) is 4.57. The molecular weight excluding hydrogens is 240 g/mol. The molecule has 0 aromatic heterocycles. The summed E-state index contributed by atoms with van der Waals surface area (Å²) in [7, 11) is 0. The molecule has 1 N–H and O–H groups in total. The van der Waals surface area contributed by atoms with Crippen molar-refractivity contribution in [2.24, 2.45) is 0 Å². The van der Waals surface area contributed by atoms with Crippen LogP contribution < -0.4 is 0 Å². The van der Waals surface area contributed by atoms with Gasteiger partial charge in [0.05, 0.1) is 5.60 Å². The first-order chi connectivity index (χ1) is 8.57. The molecule has 2 heterocycles. The first-order valence-electron chi connectivity index (χ1n) is 7.02. The van der Waals surface area contributed by atoms with Gasteiger partial charge in [-0.25, -0.2) is 0 Å². The second-order valence-corrected chi connectivity index (χ2v) is 7.66. The summed E-state index contributed by atoms with van der Waals surface area (Å²) in [6.45, 7) is 4.27. The monoisotopic (exact) mass is 262 g/mol. The van der Waals surface area contributed by atoms with Gasteiger partial charge in [0, 0.05) is 10.5 Å². The molecule has 18 heavy (non-hydrogen) atoms. The lowest BCUT2D eigenvalue weighted by molar-refractivity contribution is 0.00807. The van der Waals surface area contributed by atoms with E-state index >= 15 is 0 Å². The van der Waals surface area contributed by atoms with Crippen LogP contribution in [0.15, 0.2) is 18.2 Å². The van der Waals surface area contributed by atoms with Crippen molar-refractivity contribution in [3.05, 3.63) is 34.9 Å². The number of hydrogen-bond donors (Lipinski definition) is 1. The van der Waals surface area contributed by atoms with E-state index in [1.165, 1.54) is 30.4 Å². The summed E-state index contributed by atoms with van der Waals surface area (Å²) in [5.74, 6) is 0. The molecule has 0 aliphatic carbocycles. The fraction of sp³-hybridized carbons (Fsp3) is 0.625. The van der Waals surface area contributed by atoms with E-state index < -0.39 is 5.60 Å². The molecule has 98 valence electrons. The summed E-state index contributed by atoms with van der Waals surface area (Å²) < 4.78 is 0. The molecule has 2 unspecified atom stereocenters. The first-order valence-corrected chi connectivity index (χ1v) is 7.97. The van der Waals surface area contributed by atoms with Crippen LogP contribution in [0.3, 0.4) is 0 Å². The Labute approximate surface area is 114 Å². The Morgan fingerprint density at radius 2 is 1.78 bits per heavy atom. The zero-order valence-corrected chi connectivity index (χ0v) is 12.1. The fourth-order valence-electron chi connectivity index (χ4n) is 3.38. The number of benzene rings is 1. The van der Waals surface area contributed by atoms with Crippen LogP contribution in [-0.2, 0) is 5.60 Å². The molecule has 1 nitrogen and oxygen atoms in total. The molecule has 2 aliphatic rings. The SMILES string of the molecule is Cc1ccc(C2(O)CC3CCCC(C2)S3)cc1C. The molecule has 1 aromatic rings. The van der Waals surface area contributed by atoms with Gasteiger partial charge in [-0.05, 0) is 56.2 Å². The summed E-state index contributed by atoms with van der Waals surface area (Å²) >= 11 is 2.12. The topological polar surface area (TPSA) is 20.2 Å². The largest absolute Gasteiger partial charge is 0.385 e. The van der Waals surface area contributed by atoms with E-state index in [0.29, 0.717) is 10.5 Å². The van der Waals surface area contributed by atoms with Crippen LogP contribution in [0.5, 0.6) is 0 Å². The quantitative estimate of drug-likeness (QED) is 0.827. The van der Waals surface area contributed by atoms with E-state index in [9.17, 15) is 5.11 Å². The molecule has 0 spiro atoms. The highest BCUT2D eigenvalue weighted by Crippen LogP contribution is 2.49. The van der Waals surface area contributed by atoms with Crippen molar-refractivity contribution in [3.63, 3.8) is 0 Å². The van der Waals surface area contributed by atoms with Crippen molar-refractivity contribution in [1.82, 2.24) is 0 Å². The van der Waals surface area contributed by atoms with E-state index in [1.807, 2.05) is 0 Å². The van der Waals surface area contributed by atoms with E-state index in [-0.39, 0.29) is 0 Å². The van der Waals surface area contributed by atoms with Crippen molar-refractivity contribution in [3.8, 4) is 0 Å². The summed E-state index contributed by atoms with van der Waals surface area (Å²) in [5, 5.41) is 12.4. The normalized spacial score (nSPS) is 35.5. The zero-order chi connectivity index (χ0) is 12.8. The average Bonchev–Trinajstić information content (AvgIpc) is 2.32. The minimum absolute atomic E-state index is 0.570. The van der Waals surface area contributed by atoms with Gasteiger partial charge in [0.15, 0.2) is 0 Å². The molecule has 2 fully saturated rings. The Kier molecular flexibility index (Phi) is 3.19. The highest BCUT2D eigenvalue weighted by Gasteiger charge is 2.42. The van der Waals surface area contributed by atoms with Gasteiger partial charge in [0.2, 0.25) is 0 Å². The minimum Gasteiger partial charge on any atom is -0.385 e. The number of fused-ring (bicyclic) bond motifs is 2. The number of thioether (sulfide) groups is 1. The molecule has 2 aliphatic heterocycles. The Balaban J connectivity index is 1.91. The Morgan fingerprint density at radius 3 is 2.39 bits per heavy atom. The van der Waals surface area contributed by atoms with Crippen molar-refractivity contribution >= 4 is 11.8 Å². The number of aliphatic hydroxyl groups is 1. The maximum Gasteiger partial charge on any atom is 0.0917 e. The van der Waals surface area contributed by atoms with Crippen molar-refractivity contribution in [1.29, 1.82) is 0 Å². The van der Waals surface area contributed by atoms with E-state index in [1.54, 1.807) is 0 Å². The summed E-state index contributed by atoms with van der Waals surface area (Å²) in [5.41, 5.74) is 3.18. The lowest BCUT2D eigenvalue weighted by Crippen LogP contribution is -2.40. The average molecular weight is 262 g/mol. The maximum atomic E-state index is 11.1. The van der Waals surface area contributed by atoms with Gasteiger partial charge in [0.1, 0.15) is 0 Å². The van der Waals surface area contributed by atoms with Crippen LogP contribution in [0, 0.1) is 13.8 Å². The lowest BCUT2D eigenvalue weighted by atomic mass is 9.80. The molecule has 0 radical (unpaired) electrons. The number of rotatable bonds is 1. The van der Waals surface area contributed by atoms with Crippen molar-refractivity contribution < 1.29 is 5.11 Å². The van der Waals surface area contributed by atoms with Gasteiger partial charge >= 0.3 is 0 Å². The molecule has 2 bridgehead atoms. The first kappa shape index (κ1) is 12.6. The second-order valence-electron chi connectivity index (χ2n) is 6.05. The molecular formula is C16H22OS. The van der Waals surface area contributed by atoms with E-state index in [4.69, 9.17) is 0 Å². The van der Waals surface area contributed by atoms with Gasteiger partial charge in [0.25, 0.3) is 0 Å². The Hall–Kier alpha value is -0.470. The van der Waals surface area contributed by atoms with E-state index in [0.717, 1.165) is 18.4 Å². The summed E-state index contributed by atoms with van der Waals surface area (Å²) in [4.78, 5) is 0. The van der Waals surface area contributed by atoms with Crippen LogP contribution >= 0.6 is 11.8 Å². The van der Waals surface area contributed by atoms with Gasteiger partial charge in [-0.3, -0.25) is 0 Å². The highest BCUT2D eigenvalue weighted by molar-refractivity contribution is 8.00. The lowest BCUT2D eigenvalue weighted by Gasteiger charge is -2.44. The maximum absolute atomic E-state index is 11.1. The smallest absolute Gasteiger partial charge is 0.0917 e. The minimum atomic E-state index is -0.570. The van der Waals surface area contributed by atoms with E-state index in [2.05, 4.69) is 43.8 Å². The third kappa shape index (κ3) is 2.21. The molecule has 2 atom stereocenters. The summed E-state index contributed by atoms with van der Waals surface area (Å²) in [6.07, 6.45) is 5.81. The van der Waals surface area contributed by atoms with Crippen LogP contribution in [0.4, 0.5) is 0 Å². The van der Waals surface area contributed by atoms with Crippen molar-refractivity contribution in [2.75, 3.05) is 0 Å². The van der Waals surface area contributed by atoms with Crippen molar-refractivity contribution in [2.45, 2.75) is 62.1 Å². The molecule has 1 aromatic carbocycles. The number of aryl methyl sites for hydroxylation is 2.